The van der Waals surface area contributed by atoms with Crippen molar-refractivity contribution in [1.29, 1.82) is 0 Å². The Kier molecular flexibility index (Phi) is 6.12. The lowest BCUT2D eigenvalue weighted by atomic mass is 10.1. The maximum Gasteiger partial charge on any atom is 0.278 e. The van der Waals surface area contributed by atoms with Gasteiger partial charge in [0.15, 0.2) is 5.69 Å². The van der Waals surface area contributed by atoms with Crippen molar-refractivity contribution < 1.29 is 9.59 Å². The van der Waals surface area contributed by atoms with Gasteiger partial charge in [-0.15, -0.1) is 5.10 Å². The molecule has 29 heavy (non-hydrogen) atoms. The van der Waals surface area contributed by atoms with Gasteiger partial charge in [0, 0.05) is 10.2 Å². The maximum atomic E-state index is 12.6. The molecule has 8 heteroatoms. The van der Waals surface area contributed by atoms with E-state index in [9.17, 15) is 9.59 Å². The highest BCUT2D eigenvalue weighted by Gasteiger charge is 2.19. The summed E-state index contributed by atoms with van der Waals surface area (Å²) in [6.45, 7) is 7.65. The molecule has 0 saturated heterocycles. The number of nitrogens with zero attached hydrogens (tertiary/aromatic N) is 3. The summed E-state index contributed by atoms with van der Waals surface area (Å²) in [5.41, 5.74) is 5.39. The third-order valence-electron chi connectivity index (χ3n) is 4.65. The summed E-state index contributed by atoms with van der Waals surface area (Å²) in [6, 6.07) is 11.4. The first kappa shape index (κ1) is 20.7. The summed E-state index contributed by atoms with van der Waals surface area (Å²) < 4.78 is 2.19. The van der Waals surface area contributed by atoms with E-state index in [2.05, 4.69) is 36.9 Å². The Hall–Kier alpha value is -3.00. The predicted octanol–water partition coefficient (Wildman–Crippen LogP) is 4.17. The van der Waals surface area contributed by atoms with Crippen LogP contribution in [-0.2, 0) is 11.3 Å². The molecule has 3 rings (SSSR count). The van der Waals surface area contributed by atoms with Crippen LogP contribution < -0.4 is 10.6 Å². The normalized spacial score (nSPS) is 10.7. The summed E-state index contributed by atoms with van der Waals surface area (Å²) in [7, 11) is 0. The SMILES string of the molecule is Cc1ccc(NC(=O)c2nnn(CC(=O)Nc3ccc(C)c(C)c3)c2C)c(Br)c1. The van der Waals surface area contributed by atoms with Crippen LogP contribution in [0.2, 0.25) is 0 Å². The third-order valence-corrected chi connectivity index (χ3v) is 5.31. The number of rotatable bonds is 5. The summed E-state index contributed by atoms with van der Waals surface area (Å²) in [5.74, 6) is -0.623. The number of carbonyl (C=O) groups is 2. The molecule has 0 saturated carbocycles. The largest absolute Gasteiger partial charge is 0.324 e. The molecule has 0 bridgehead atoms. The van der Waals surface area contributed by atoms with Crippen molar-refractivity contribution in [2.24, 2.45) is 0 Å². The quantitative estimate of drug-likeness (QED) is 0.604. The lowest BCUT2D eigenvalue weighted by molar-refractivity contribution is -0.117. The van der Waals surface area contributed by atoms with Crippen molar-refractivity contribution in [3.05, 3.63) is 68.9 Å². The first-order chi connectivity index (χ1) is 13.7. The van der Waals surface area contributed by atoms with E-state index in [1.807, 2.05) is 57.2 Å². The van der Waals surface area contributed by atoms with E-state index in [1.165, 1.54) is 4.68 Å². The number of anilines is 2. The average Bonchev–Trinajstić information content (AvgIpc) is 3.01. The van der Waals surface area contributed by atoms with E-state index < -0.39 is 0 Å². The van der Waals surface area contributed by atoms with Gasteiger partial charge in [-0.2, -0.15) is 0 Å². The highest BCUT2D eigenvalue weighted by Crippen LogP contribution is 2.24. The smallest absolute Gasteiger partial charge is 0.278 e. The number of hydrogen-bond acceptors (Lipinski definition) is 4. The van der Waals surface area contributed by atoms with Gasteiger partial charge in [-0.1, -0.05) is 17.3 Å². The first-order valence-electron chi connectivity index (χ1n) is 9.09. The maximum absolute atomic E-state index is 12.6. The zero-order valence-corrected chi connectivity index (χ0v) is 18.3. The highest BCUT2D eigenvalue weighted by molar-refractivity contribution is 9.10. The molecule has 7 nitrogen and oxygen atoms in total. The molecule has 0 aliphatic carbocycles. The zero-order valence-electron chi connectivity index (χ0n) is 16.7. The van der Waals surface area contributed by atoms with Crippen molar-refractivity contribution >= 4 is 39.1 Å². The Morgan fingerprint density at radius 3 is 2.45 bits per heavy atom. The number of aryl methyl sites for hydroxylation is 3. The van der Waals surface area contributed by atoms with Crippen LogP contribution >= 0.6 is 15.9 Å². The number of nitrogens with one attached hydrogen (secondary N) is 2. The Labute approximate surface area is 177 Å². The highest BCUT2D eigenvalue weighted by atomic mass is 79.9. The molecule has 1 heterocycles. The Morgan fingerprint density at radius 1 is 1.00 bits per heavy atom. The molecule has 3 aromatic rings. The molecule has 2 aromatic carbocycles. The van der Waals surface area contributed by atoms with Gasteiger partial charge in [0.05, 0.1) is 11.4 Å². The number of amides is 2. The van der Waals surface area contributed by atoms with Crippen LogP contribution in [0.5, 0.6) is 0 Å². The fourth-order valence-electron chi connectivity index (χ4n) is 2.78. The molecule has 2 amide bonds. The van der Waals surface area contributed by atoms with Crippen LogP contribution in [0.1, 0.15) is 32.9 Å². The first-order valence-corrected chi connectivity index (χ1v) is 9.88. The fraction of sp³-hybridized carbons (Fsp3) is 0.238. The lowest BCUT2D eigenvalue weighted by Crippen LogP contribution is -2.21. The summed E-state index contributed by atoms with van der Waals surface area (Å²) in [6.07, 6.45) is 0. The van der Waals surface area contributed by atoms with E-state index in [-0.39, 0.29) is 24.1 Å². The van der Waals surface area contributed by atoms with Gasteiger partial charge >= 0.3 is 0 Å². The van der Waals surface area contributed by atoms with Crippen molar-refractivity contribution in [2.75, 3.05) is 10.6 Å². The third kappa shape index (κ3) is 4.89. The van der Waals surface area contributed by atoms with Crippen molar-refractivity contribution in [3.63, 3.8) is 0 Å². The molecule has 0 fully saturated rings. The number of aromatic nitrogens is 3. The molecule has 0 aliphatic heterocycles. The summed E-state index contributed by atoms with van der Waals surface area (Å²) in [5, 5.41) is 13.6. The predicted molar refractivity (Wildman–Crippen MR) is 116 cm³/mol. The van der Waals surface area contributed by atoms with Crippen molar-refractivity contribution in [2.45, 2.75) is 34.2 Å². The minimum Gasteiger partial charge on any atom is -0.324 e. The van der Waals surface area contributed by atoms with Gasteiger partial charge in [-0.3, -0.25) is 9.59 Å². The van der Waals surface area contributed by atoms with Gasteiger partial charge in [0.2, 0.25) is 5.91 Å². The summed E-state index contributed by atoms with van der Waals surface area (Å²) >= 11 is 3.44. The monoisotopic (exact) mass is 455 g/mol. The van der Waals surface area contributed by atoms with Crippen LogP contribution in [0.25, 0.3) is 0 Å². The zero-order chi connectivity index (χ0) is 21.1. The fourth-order valence-corrected chi connectivity index (χ4v) is 3.37. The van der Waals surface area contributed by atoms with Crippen LogP contribution in [0, 0.1) is 27.7 Å². The minimum absolute atomic E-state index is 0.0345. The Morgan fingerprint density at radius 2 is 1.76 bits per heavy atom. The molecule has 2 N–H and O–H groups in total. The molecule has 150 valence electrons. The van der Waals surface area contributed by atoms with Gasteiger partial charge in [-0.05, 0) is 84.6 Å². The second kappa shape index (κ2) is 8.57. The molecule has 0 atom stereocenters. The molecular weight excluding hydrogens is 434 g/mol. The van der Waals surface area contributed by atoms with Crippen molar-refractivity contribution in [3.8, 4) is 0 Å². The Balaban J connectivity index is 1.68. The van der Waals surface area contributed by atoms with E-state index in [0.29, 0.717) is 11.4 Å². The lowest BCUT2D eigenvalue weighted by Gasteiger charge is -2.09. The van der Waals surface area contributed by atoms with E-state index >= 15 is 0 Å². The standard InChI is InChI=1S/C21H22BrN5O2/c1-12-5-8-18(17(22)9-12)24-21(29)20-15(4)27(26-25-20)11-19(28)23-16-7-6-13(2)14(3)10-16/h5-10H,11H2,1-4H3,(H,23,28)(H,24,29). The van der Waals surface area contributed by atoms with Gasteiger partial charge in [-0.25, -0.2) is 4.68 Å². The summed E-state index contributed by atoms with van der Waals surface area (Å²) in [4.78, 5) is 25.0. The number of benzene rings is 2. The topological polar surface area (TPSA) is 88.9 Å². The van der Waals surface area contributed by atoms with Gasteiger partial charge < -0.3 is 10.6 Å². The minimum atomic E-state index is -0.382. The van der Waals surface area contributed by atoms with Crippen LogP contribution in [-0.4, -0.2) is 26.8 Å². The van der Waals surface area contributed by atoms with Crippen LogP contribution in [0.3, 0.4) is 0 Å². The van der Waals surface area contributed by atoms with Gasteiger partial charge in [0.25, 0.3) is 5.91 Å². The Bertz CT molecular complexity index is 1090. The average molecular weight is 456 g/mol. The molecular formula is C21H22BrN5O2. The molecule has 0 unspecified atom stereocenters. The van der Waals surface area contributed by atoms with Crippen LogP contribution in [0.15, 0.2) is 40.9 Å². The molecule has 0 aliphatic rings. The number of hydrogen-bond donors (Lipinski definition) is 2. The molecule has 0 radical (unpaired) electrons. The number of carbonyl (C=O) groups excluding carboxylic acids is 2. The van der Waals surface area contributed by atoms with E-state index in [0.717, 1.165) is 26.9 Å². The van der Waals surface area contributed by atoms with Crippen molar-refractivity contribution in [1.82, 2.24) is 15.0 Å². The van der Waals surface area contributed by atoms with Gasteiger partial charge in [0.1, 0.15) is 6.54 Å². The molecule has 1 aromatic heterocycles. The second-order valence-electron chi connectivity index (χ2n) is 6.97. The van der Waals surface area contributed by atoms with E-state index in [4.69, 9.17) is 0 Å². The van der Waals surface area contributed by atoms with Crippen LogP contribution in [0.4, 0.5) is 11.4 Å². The molecule has 0 spiro atoms. The second-order valence-corrected chi connectivity index (χ2v) is 7.82. The number of halogens is 1. The van der Waals surface area contributed by atoms with E-state index in [1.54, 1.807) is 6.92 Å².